The third-order valence-electron chi connectivity index (χ3n) is 2.71. The van der Waals surface area contributed by atoms with Crippen molar-refractivity contribution in [2.24, 2.45) is 0 Å². The molecule has 104 valence electrons. The van der Waals surface area contributed by atoms with Gasteiger partial charge in [-0.3, -0.25) is 4.79 Å². The van der Waals surface area contributed by atoms with Crippen LogP contribution < -0.4 is 5.32 Å². The lowest BCUT2D eigenvalue weighted by molar-refractivity contribution is 0.102. The Morgan fingerprint density at radius 3 is 2.05 bits per heavy atom. The van der Waals surface area contributed by atoms with Gasteiger partial charge in [-0.15, -0.1) is 0 Å². The summed E-state index contributed by atoms with van der Waals surface area (Å²) >= 11 is 0. The van der Waals surface area contributed by atoms with Crippen molar-refractivity contribution in [3.05, 3.63) is 59.7 Å². The van der Waals surface area contributed by atoms with Gasteiger partial charge in [0.15, 0.2) is 0 Å². The van der Waals surface area contributed by atoms with Crippen LogP contribution in [0.3, 0.4) is 0 Å². The maximum absolute atomic E-state index is 12.0. The monoisotopic (exact) mass is 309 g/mol. The predicted molar refractivity (Wildman–Crippen MR) is 78.6 cm³/mol. The van der Waals surface area contributed by atoms with Gasteiger partial charge in [0.2, 0.25) is 0 Å². The maximum Gasteiger partial charge on any atom is 0.261 e. The standard InChI is InChI=1S/C14H12ClNO3S/c1-10-2-4-11(5-3-10)14(17)16-12-6-8-13(9-7-12)20(15,18)19/h2-9H,1H3,(H,16,17). The molecule has 2 aromatic carbocycles. The smallest absolute Gasteiger partial charge is 0.261 e. The molecule has 0 saturated carbocycles. The number of aryl methyl sites for hydroxylation is 1. The molecule has 0 saturated heterocycles. The van der Waals surface area contributed by atoms with Gasteiger partial charge >= 0.3 is 0 Å². The molecule has 4 nitrogen and oxygen atoms in total. The number of halogens is 1. The van der Waals surface area contributed by atoms with E-state index in [1.54, 1.807) is 12.1 Å². The Labute approximate surface area is 121 Å². The first-order chi connectivity index (χ1) is 9.36. The van der Waals surface area contributed by atoms with Crippen molar-refractivity contribution in [3.8, 4) is 0 Å². The van der Waals surface area contributed by atoms with Crippen LogP contribution in [0.4, 0.5) is 5.69 Å². The van der Waals surface area contributed by atoms with Crippen molar-refractivity contribution < 1.29 is 13.2 Å². The highest BCUT2D eigenvalue weighted by Gasteiger charge is 2.10. The molecular weight excluding hydrogens is 298 g/mol. The summed E-state index contributed by atoms with van der Waals surface area (Å²) in [5.74, 6) is -0.258. The van der Waals surface area contributed by atoms with E-state index < -0.39 is 9.05 Å². The molecule has 2 rings (SSSR count). The number of hydrogen-bond donors (Lipinski definition) is 1. The van der Waals surface area contributed by atoms with Crippen LogP contribution in [-0.2, 0) is 9.05 Å². The van der Waals surface area contributed by atoms with Crippen molar-refractivity contribution in [2.75, 3.05) is 5.32 Å². The van der Waals surface area contributed by atoms with E-state index in [-0.39, 0.29) is 10.8 Å². The summed E-state index contributed by atoms with van der Waals surface area (Å²) in [4.78, 5) is 11.9. The topological polar surface area (TPSA) is 63.2 Å². The highest BCUT2D eigenvalue weighted by molar-refractivity contribution is 8.13. The van der Waals surface area contributed by atoms with E-state index in [1.807, 2.05) is 19.1 Å². The molecule has 0 unspecified atom stereocenters. The number of amides is 1. The molecule has 0 aliphatic carbocycles. The van der Waals surface area contributed by atoms with Crippen molar-refractivity contribution in [2.45, 2.75) is 11.8 Å². The first kappa shape index (κ1) is 14.6. The average molecular weight is 310 g/mol. The molecular formula is C14H12ClNO3S. The third kappa shape index (κ3) is 3.59. The average Bonchev–Trinajstić information content (AvgIpc) is 2.39. The lowest BCUT2D eigenvalue weighted by Gasteiger charge is -2.06. The van der Waals surface area contributed by atoms with E-state index in [1.165, 1.54) is 24.3 Å². The zero-order valence-corrected chi connectivity index (χ0v) is 12.2. The van der Waals surface area contributed by atoms with Crippen molar-refractivity contribution >= 4 is 31.3 Å². The molecule has 1 amide bonds. The van der Waals surface area contributed by atoms with Gasteiger partial charge in [0, 0.05) is 21.9 Å². The number of rotatable bonds is 3. The minimum Gasteiger partial charge on any atom is -0.322 e. The van der Waals surface area contributed by atoms with Crippen LogP contribution in [0, 0.1) is 6.92 Å². The fourth-order valence-corrected chi connectivity index (χ4v) is 2.38. The van der Waals surface area contributed by atoms with E-state index in [4.69, 9.17) is 10.7 Å². The second-order valence-corrected chi connectivity index (χ2v) is 6.85. The first-order valence-electron chi connectivity index (χ1n) is 5.79. The van der Waals surface area contributed by atoms with Gasteiger partial charge in [0.25, 0.3) is 15.0 Å². The van der Waals surface area contributed by atoms with Gasteiger partial charge in [-0.2, -0.15) is 0 Å². The number of carbonyl (C=O) groups is 1. The van der Waals surface area contributed by atoms with E-state index in [9.17, 15) is 13.2 Å². The Morgan fingerprint density at radius 1 is 1.00 bits per heavy atom. The Morgan fingerprint density at radius 2 is 1.55 bits per heavy atom. The van der Waals surface area contributed by atoms with Gasteiger partial charge in [-0.25, -0.2) is 8.42 Å². The summed E-state index contributed by atoms with van der Waals surface area (Å²) in [7, 11) is 1.47. The van der Waals surface area contributed by atoms with Gasteiger partial charge in [-0.05, 0) is 43.3 Å². The molecule has 0 heterocycles. The van der Waals surface area contributed by atoms with E-state index >= 15 is 0 Å². The molecule has 1 N–H and O–H groups in total. The number of carbonyl (C=O) groups excluding carboxylic acids is 1. The van der Waals surface area contributed by atoms with Gasteiger partial charge < -0.3 is 5.32 Å². The van der Waals surface area contributed by atoms with Crippen molar-refractivity contribution in [1.82, 2.24) is 0 Å². The predicted octanol–water partition coefficient (Wildman–Crippen LogP) is 3.17. The Bertz CT molecular complexity index is 722. The summed E-state index contributed by atoms with van der Waals surface area (Å²) in [5, 5.41) is 2.68. The van der Waals surface area contributed by atoms with E-state index in [0.717, 1.165) is 5.56 Å². The van der Waals surface area contributed by atoms with Gasteiger partial charge in [-0.1, -0.05) is 17.7 Å². The number of anilines is 1. The lowest BCUT2D eigenvalue weighted by atomic mass is 10.1. The van der Waals surface area contributed by atoms with Crippen LogP contribution in [0.15, 0.2) is 53.4 Å². The molecule has 0 radical (unpaired) electrons. The van der Waals surface area contributed by atoms with Crippen LogP contribution >= 0.6 is 10.7 Å². The molecule has 20 heavy (non-hydrogen) atoms. The van der Waals surface area contributed by atoms with Crippen LogP contribution in [0.25, 0.3) is 0 Å². The molecule has 2 aromatic rings. The largest absolute Gasteiger partial charge is 0.322 e. The molecule has 0 aliphatic heterocycles. The maximum atomic E-state index is 12.0. The summed E-state index contributed by atoms with van der Waals surface area (Å²) in [5.41, 5.74) is 2.10. The van der Waals surface area contributed by atoms with Crippen molar-refractivity contribution in [1.29, 1.82) is 0 Å². The summed E-state index contributed by atoms with van der Waals surface area (Å²) in [6, 6.07) is 12.8. The summed E-state index contributed by atoms with van der Waals surface area (Å²) in [6.45, 7) is 1.94. The van der Waals surface area contributed by atoms with E-state index in [2.05, 4.69) is 5.32 Å². The van der Waals surface area contributed by atoms with Crippen LogP contribution in [0.5, 0.6) is 0 Å². The summed E-state index contributed by atoms with van der Waals surface area (Å²) < 4.78 is 22.2. The quantitative estimate of drug-likeness (QED) is 0.886. The minimum atomic E-state index is -3.75. The molecule has 0 spiro atoms. The third-order valence-corrected chi connectivity index (χ3v) is 4.08. The Hall–Kier alpha value is -1.85. The van der Waals surface area contributed by atoms with Crippen molar-refractivity contribution in [3.63, 3.8) is 0 Å². The molecule has 0 aromatic heterocycles. The molecule has 0 atom stereocenters. The zero-order valence-electron chi connectivity index (χ0n) is 10.6. The highest BCUT2D eigenvalue weighted by atomic mass is 35.7. The molecule has 6 heteroatoms. The first-order valence-corrected chi connectivity index (χ1v) is 8.10. The fraction of sp³-hybridized carbons (Fsp3) is 0.0714. The molecule has 0 fully saturated rings. The SMILES string of the molecule is Cc1ccc(C(=O)Nc2ccc(S(=O)(=O)Cl)cc2)cc1. The molecule has 0 bridgehead atoms. The number of benzene rings is 2. The number of hydrogen-bond acceptors (Lipinski definition) is 3. The van der Waals surface area contributed by atoms with Crippen LogP contribution in [-0.4, -0.2) is 14.3 Å². The van der Waals surface area contributed by atoms with Gasteiger partial charge in [0.05, 0.1) is 4.90 Å². The second-order valence-electron chi connectivity index (χ2n) is 4.28. The Balaban J connectivity index is 2.14. The van der Waals surface area contributed by atoms with Gasteiger partial charge in [0.1, 0.15) is 0 Å². The zero-order chi connectivity index (χ0) is 14.8. The minimum absolute atomic E-state index is 0.00694. The fourth-order valence-electron chi connectivity index (χ4n) is 1.61. The lowest BCUT2D eigenvalue weighted by Crippen LogP contribution is -2.11. The summed E-state index contributed by atoms with van der Waals surface area (Å²) in [6.07, 6.45) is 0. The number of nitrogens with one attached hydrogen (secondary N) is 1. The molecule has 0 aliphatic rings. The Kier molecular flexibility index (Phi) is 4.11. The van der Waals surface area contributed by atoms with Crippen LogP contribution in [0.2, 0.25) is 0 Å². The second kappa shape index (κ2) is 5.64. The highest BCUT2D eigenvalue weighted by Crippen LogP contribution is 2.18. The normalized spacial score (nSPS) is 11.1. The van der Waals surface area contributed by atoms with E-state index in [0.29, 0.717) is 11.3 Å². The van der Waals surface area contributed by atoms with Crippen LogP contribution in [0.1, 0.15) is 15.9 Å².